The van der Waals surface area contributed by atoms with Gasteiger partial charge in [-0.1, -0.05) is 43.3 Å². The summed E-state index contributed by atoms with van der Waals surface area (Å²) < 4.78 is 6.45. The van der Waals surface area contributed by atoms with Crippen LogP contribution in [0.5, 0.6) is 0 Å². The molecule has 1 heterocycles. The molecule has 2 aromatic carbocycles. The van der Waals surface area contributed by atoms with Crippen molar-refractivity contribution in [2.24, 2.45) is 0 Å². The van der Waals surface area contributed by atoms with Crippen molar-refractivity contribution >= 4 is 17.1 Å². The maximum absolute atomic E-state index is 12.2. The van der Waals surface area contributed by atoms with Crippen LogP contribution in [0.4, 0.5) is 4.79 Å². The van der Waals surface area contributed by atoms with Crippen molar-refractivity contribution in [1.82, 2.24) is 9.55 Å². The first-order chi connectivity index (χ1) is 10.3. The molecule has 0 spiro atoms. The van der Waals surface area contributed by atoms with Crippen LogP contribution in [0.2, 0.25) is 0 Å². The number of carbonyl (C=O) groups excluding carboxylic acids is 1. The summed E-state index contributed by atoms with van der Waals surface area (Å²) in [5.41, 5.74) is 3.65. The molecule has 1 aromatic heterocycles. The molecule has 0 atom stereocenters. The van der Waals surface area contributed by atoms with E-state index in [1.54, 1.807) is 0 Å². The summed E-state index contributed by atoms with van der Waals surface area (Å²) in [7, 11) is 1.38. The monoisotopic (exact) mass is 280 g/mol. The summed E-state index contributed by atoms with van der Waals surface area (Å²) in [6, 6.07) is 15.5. The number of imidazole rings is 1. The van der Waals surface area contributed by atoms with Crippen molar-refractivity contribution in [2.75, 3.05) is 7.11 Å². The second-order valence-electron chi connectivity index (χ2n) is 4.74. The van der Waals surface area contributed by atoms with Gasteiger partial charge in [-0.15, -0.1) is 0 Å². The SMILES string of the molecule is CCc1ccccc1-c1nc2ccccc2n1C(=O)OC. The highest BCUT2D eigenvalue weighted by atomic mass is 16.5. The molecule has 3 rings (SSSR count). The summed E-state index contributed by atoms with van der Waals surface area (Å²) >= 11 is 0. The summed E-state index contributed by atoms with van der Waals surface area (Å²) in [6.07, 6.45) is 0.449. The van der Waals surface area contributed by atoms with Gasteiger partial charge in [-0.25, -0.2) is 14.3 Å². The quantitative estimate of drug-likeness (QED) is 0.715. The number of methoxy groups -OCH3 is 1. The first kappa shape index (κ1) is 13.4. The van der Waals surface area contributed by atoms with Gasteiger partial charge in [0, 0.05) is 5.56 Å². The Morgan fingerprint density at radius 1 is 1.14 bits per heavy atom. The van der Waals surface area contributed by atoms with Crippen molar-refractivity contribution < 1.29 is 9.53 Å². The Morgan fingerprint density at radius 3 is 2.62 bits per heavy atom. The zero-order valence-corrected chi connectivity index (χ0v) is 12.0. The third-order valence-corrected chi connectivity index (χ3v) is 3.56. The van der Waals surface area contributed by atoms with E-state index < -0.39 is 6.09 Å². The number of aryl methyl sites for hydroxylation is 1. The lowest BCUT2D eigenvalue weighted by atomic mass is 10.0. The van der Waals surface area contributed by atoms with Gasteiger partial charge in [-0.3, -0.25) is 0 Å². The van der Waals surface area contributed by atoms with Crippen molar-refractivity contribution in [3.8, 4) is 11.4 Å². The van der Waals surface area contributed by atoms with Crippen LogP contribution in [-0.2, 0) is 11.2 Å². The van der Waals surface area contributed by atoms with Gasteiger partial charge in [0.15, 0.2) is 5.82 Å². The number of carbonyl (C=O) groups is 1. The third-order valence-electron chi connectivity index (χ3n) is 3.56. The average molecular weight is 280 g/mol. The van der Waals surface area contributed by atoms with Crippen LogP contribution in [0.15, 0.2) is 48.5 Å². The van der Waals surface area contributed by atoms with E-state index in [2.05, 4.69) is 18.0 Å². The highest BCUT2D eigenvalue weighted by Gasteiger charge is 2.19. The number of ether oxygens (including phenoxy) is 1. The lowest BCUT2D eigenvalue weighted by Crippen LogP contribution is -2.13. The number of aromatic nitrogens is 2. The minimum atomic E-state index is -0.426. The normalized spacial score (nSPS) is 10.8. The van der Waals surface area contributed by atoms with Crippen molar-refractivity contribution in [3.05, 3.63) is 54.1 Å². The Kier molecular flexibility index (Phi) is 3.44. The van der Waals surface area contributed by atoms with Crippen LogP contribution in [-0.4, -0.2) is 22.8 Å². The first-order valence-corrected chi connectivity index (χ1v) is 6.90. The first-order valence-electron chi connectivity index (χ1n) is 6.90. The van der Waals surface area contributed by atoms with E-state index in [-0.39, 0.29) is 0 Å². The molecule has 0 unspecified atom stereocenters. The lowest BCUT2D eigenvalue weighted by molar-refractivity contribution is 0.174. The lowest BCUT2D eigenvalue weighted by Gasteiger charge is -2.09. The molecule has 0 fully saturated rings. The van der Waals surface area contributed by atoms with Crippen molar-refractivity contribution in [3.63, 3.8) is 0 Å². The number of rotatable bonds is 2. The number of hydrogen-bond donors (Lipinski definition) is 0. The second kappa shape index (κ2) is 5.40. The smallest absolute Gasteiger partial charge is 0.419 e. The molecule has 0 radical (unpaired) electrons. The van der Waals surface area contributed by atoms with Crippen LogP contribution in [0.3, 0.4) is 0 Å². The van der Waals surface area contributed by atoms with Gasteiger partial charge in [0.2, 0.25) is 0 Å². The molecular weight excluding hydrogens is 264 g/mol. The Bertz CT molecular complexity index is 805. The van der Waals surface area contributed by atoms with E-state index in [0.29, 0.717) is 5.82 Å². The summed E-state index contributed by atoms with van der Waals surface area (Å²) in [4.78, 5) is 16.8. The fourth-order valence-electron chi connectivity index (χ4n) is 2.53. The van der Waals surface area contributed by atoms with Gasteiger partial charge < -0.3 is 4.74 Å². The standard InChI is InChI=1S/C17H16N2O2/c1-3-12-8-4-5-9-13(12)16-18-14-10-6-7-11-15(14)19(16)17(20)21-2/h4-11H,3H2,1-2H3. The molecule has 3 aromatic rings. The molecule has 0 N–H and O–H groups in total. The Hall–Kier alpha value is -2.62. The molecular formula is C17H16N2O2. The van der Waals surface area contributed by atoms with Gasteiger partial charge in [-0.2, -0.15) is 0 Å². The van der Waals surface area contributed by atoms with E-state index in [1.807, 2.05) is 42.5 Å². The van der Waals surface area contributed by atoms with E-state index in [0.717, 1.165) is 28.6 Å². The minimum Gasteiger partial charge on any atom is -0.452 e. The summed E-state index contributed by atoms with van der Waals surface area (Å²) in [5, 5.41) is 0. The summed E-state index contributed by atoms with van der Waals surface area (Å²) in [5.74, 6) is 0.625. The van der Waals surface area contributed by atoms with E-state index in [9.17, 15) is 4.79 Å². The number of para-hydroxylation sites is 2. The molecule has 0 amide bonds. The zero-order chi connectivity index (χ0) is 14.8. The topological polar surface area (TPSA) is 44.1 Å². The predicted octanol–water partition coefficient (Wildman–Crippen LogP) is 3.88. The number of nitrogens with zero attached hydrogens (tertiary/aromatic N) is 2. The van der Waals surface area contributed by atoms with Gasteiger partial charge in [-0.05, 0) is 24.1 Å². The minimum absolute atomic E-state index is 0.426. The molecule has 0 aliphatic rings. The number of hydrogen-bond acceptors (Lipinski definition) is 3. The Balaban J connectivity index is 2.34. The number of fused-ring (bicyclic) bond motifs is 1. The van der Waals surface area contributed by atoms with Gasteiger partial charge in [0.05, 0.1) is 18.1 Å². The van der Waals surface area contributed by atoms with Gasteiger partial charge >= 0.3 is 6.09 Å². The second-order valence-corrected chi connectivity index (χ2v) is 4.74. The molecule has 4 heteroatoms. The Morgan fingerprint density at radius 2 is 1.86 bits per heavy atom. The summed E-state index contributed by atoms with van der Waals surface area (Å²) in [6.45, 7) is 2.09. The molecule has 106 valence electrons. The molecule has 0 saturated heterocycles. The van der Waals surface area contributed by atoms with E-state index in [4.69, 9.17) is 4.74 Å². The molecule has 0 saturated carbocycles. The van der Waals surface area contributed by atoms with Crippen LogP contribution >= 0.6 is 0 Å². The highest BCUT2D eigenvalue weighted by Crippen LogP contribution is 2.27. The molecule has 0 bridgehead atoms. The fraction of sp³-hybridized carbons (Fsp3) is 0.176. The van der Waals surface area contributed by atoms with E-state index >= 15 is 0 Å². The van der Waals surface area contributed by atoms with E-state index in [1.165, 1.54) is 11.7 Å². The van der Waals surface area contributed by atoms with Crippen LogP contribution in [0.1, 0.15) is 12.5 Å². The van der Waals surface area contributed by atoms with Crippen molar-refractivity contribution in [1.29, 1.82) is 0 Å². The maximum Gasteiger partial charge on any atom is 0.419 e. The van der Waals surface area contributed by atoms with Crippen LogP contribution in [0, 0.1) is 0 Å². The van der Waals surface area contributed by atoms with Crippen LogP contribution in [0.25, 0.3) is 22.4 Å². The zero-order valence-electron chi connectivity index (χ0n) is 12.0. The van der Waals surface area contributed by atoms with Crippen molar-refractivity contribution in [2.45, 2.75) is 13.3 Å². The maximum atomic E-state index is 12.2. The van der Waals surface area contributed by atoms with Gasteiger partial charge in [0.25, 0.3) is 0 Å². The Labute approximate surface area is 123 Å². The number of benzene rings is 2. The largest absolute Gasteiger partial charge is 0.452 e. The molecule has 0 aliphatic heterocycles. The van der Waals surface area contributed by atoms with Gasteiger partial charge in [0.1, 0.15) is 0 Å². The third kappa shape index (κ3) is 2.18. The van der Waals surface area contributed by atoms with Crippen LogP contribution < -0.4 is 0 Å². The average Bonchev–Trinajstić information content (AvgIpc) is 2.93. The molecule has 0 aliphatic carbocycles. The fourth-order valence-corrected chi connectivity index (χ4v) is 2.53. The molecule has 21 heavy (non-hydrogen) atoms. The predicted molar refractivity (Wildman–Crippen MR) is 82.4 cm³/mol. The molecule has 4 nitrogen and oxygen atoms in total. The highest BCUT2D eigenvalue weighted by molar-refractivity contribution is 5.92.